The SMILES string of the molecule is COc1cc(-c2oc3cc(O)c(O)cc3c(=O)c2O)ccc1O. The van der Waals surface area contributed by atoms with Crippen LogP contribution in [-0.4, -0.2) is 27.5 Å². The van der Waals surface area contributed by atoms with E-state index < -0.39 is 22.7 Å². The van der Waals surface area contributed by atoms with Crippen molar-refractivity contribution in [1.82, 2.24) is 0 Å². The van der Waals surface area contributed by atoms with Crippen molar-refractivity contribution >= 4 is 11.0 Å². The summed E-state index contributed by atoms with van der Waals surface area (Å²) in [6, 6.07) is 6.23. The van der Waals surface area contributed by atoms with Gasteiger partial charge in [-0.05, 0) is 24.3 Å². The van der Waals surface area contributed by atoms with Gasteiger partial charge in [0.1, 0.15) is 5.58 Å². The van der Waals surface area contributed by atoms with E-state index in [0.717, 1.165) is 12.1 Å². The molecule has 0 amide bonds. The van der Waals surface area contributed by atoms with Gasteiger partial charge in [0, 0.05) is 11.6 Å². The van der Waals surface area contributed by atoms with E-state index in [4.69, 9.17) is 9.15 Å². The first-order chi connectivity index (χ1) is 10.9. The second kappa shape index (κ2) is 5.13. The van der Waals surface area contributed by atoms with Crippen LogP contribution in [0.25, 0.3) is 22.3 Å². The van der Waals surface area contributed by atoms with E-state index in [1.807, 2.05) is 0 Å². The lowest BCUT2D eigenvalue weighted by Crippen LogP contribution is -2.02. The molecule has 7 nitrogen and oxygen atoms in total. The number of methoxy groups -OCH3 is 1. The van der Waals surface area contributed by atoms with Crippen LogP contribution in [0.3, 0.4) is 0 Å². The summed E-state index contributed by atoms with van der Waals surface area (Å²) in [5.41, 5.74) is -0.475. The molecule has 118 valence electrons. The molecular formula is C16H12O7. The van der Waals surface area contributed by atoms with Gasteiger partial charge in [0.15, 0.2) is 28.8 Å². The van der Waals surface area contributed by atoms with E-state index in [0.29, 0.717) is 5.56 Å². The largest absolute Gasteiger partial charge is 0.504 e. The highest BCUT2D eigenvalue weighted by Gasteiger charge is 2.18. The first kappa shape index (κ1) is 14.6. The summed E-state index contributed by atoms with van der Waals surface area (Å²) in [6.45, 7) is 0. The molecule has 3 aromatic rings. The molecule has 0 saturated carbocycles. The number of hydrogen-bond donors (Lipinski definition) is 4. The molecule has 0 atom stereocenters. The van der Waals surface area contributed by atoms with Gasteiger partial charge in [0.2, 0.25) is 11.2 Å². The predicted molar refractivity (Wildman–Crippen MR) is 81.1 cm³/mol. The Morgan fingerprint density at radius 3 is 2.35 bits per heavy atom. The smallest absolute Gasteiger partial charge is 0.235 e. The normalized spacial score (nSPS) is 10.8. The van der Waals surface area contributed by atoms with Gasteiger partial charge in [0.25, 0.3) is 0 Å². The zero-order valence-corrected chi connectivity index (χ0v) is 11.9. The zero-order valence-electron chi connectivity index (χ0n) is 11.9. The van der Waals surface area contributed by atoms with Crippen LogP contribution in [-0.2, 0) is 0 Å². The molecule has 1 heterocycles. The lowest BCUT2D eigenvalue weighted by Gasteiger charge is -2.09. The van der Waals surface area contributed by atoms with Crippen LogP contribution in [0.2, 0.25) is 0 Å². The molecule has 7 heteroatoms. The number of hydrogen-bond acceptors (Lipinski definition) is 7. The summed E-state index contributed by atoms with van der Waals surface area (Å²) in [4.78, 5) is 12.2. The van der Waals surface area contributed by atoms with Crippen molar-refractivity contribution in [2.24, 2.45) is 0 Å². The van der Waals surface area contributed by atoms with Gasteiger partial charge in [-0.2, -0.15) is 0 Å². The second-order valence-electron chi connectivity index (χ2n) is 4.83. The zero-order chi connectivity index (χ0) is 16.7. The number of benzene rings is 2. The number of fused-ring (bicyclic) bond motifs is 1. The quantitative estimate of drug-likeness (QED) is 0.535. The van der Waals surface area contributed by atoms with E-state index >= 15 is 0 Å². The molecular weight excluding hydrogens is 304 g/mol. The van der Waals surface area contributed by atoms with Crippen molar-refractivity contribution in [3.05, 3.63) is 40.6 Å². The van der Waals surface area contributed by atoms with E-state index in [1.54, 1.807) is 0 Å². The Bertz CT molecular complexity index is 972. The highest BCUT2D eigenvalue weighted by molar-refractivity contribution is 5.84. The third-order valence-electron chi connectivity index (χ3n) is 3.41. The van der Waals surface area contributed by atoms with Crippen LogP contribution in [0, 0.1) is 0 Å². The summed E-state index contributed by atoms with van der Waals surface area (Å²) >= 11 is 0. The Labute approximate surface area is 129 Å². The molecule has 0 radical (unpaired) electrons. The average molecular weight is 316 g/mol. The number of phenols is 3. The average Bonchev–Trinajstić information content (AvgIpc) is 2.53. The van der Waals surface area contributed by atoms with Crippen molar-refractivity contribution in [3.63, 3.8) is 0 Å². The lowest BCUT2D eigenvalue weighted by molar-refractivity contribution is 0.373. The monoisotopic (exact) mass is 316 g/mol. The fourth-order valence-corrected chi connectivity index (χ4v) is 2.22. The molecule has 0 fully saturated rings. The molecule has 0 aliphatic heterocycles. The van der Waals surface area contributed by atoms with Gasteiger partial charge in [-0.3, -0.25) is 4.79 Å². The number of aromatic hydroxyl groups is 4. The van der Waals surface area contributed by atoms with Crippen molar-refractivity contribution < 1.29 is 29.6 Å². The third-order valence-corrected chi connectivity index (χ3v) is 3.41. The van der Waals surface area contributed by atoms with Crippen LogP contribution >= 0.6 is 0 Å². The molecule has 3 rings (SSSR count). The van der Waals surface area contributed by atoms with E-state index in [2.05, 4.69) is 0 Å². The maximum atomic E-state index is 12.2. The Kier molecular flexibility index (Phi) is 3.25. The van der Waals surface area contributed by atoms with Crippen molar-refractivity contribution in [1.29, 1.82) is 0 Å². The Balaban J connectivity index is 2.32. The molecule has 1 aromatic heterocycles. The first-order valence-electron chi connectivity index (χ1n) is 6.51. The first-order valence-corrected chi connectivity index (χ1v) is 6.51. The molecule has 0 spiro atoms. The molecule has 0 aliphatic rings. The van der Waals surface area contributed by atoms with Crippen molar-refractivity contribution in [3.8, 4) is 40.1 Å². The summed E-state index contributed by atoms with van der Waals surface area (Å²) in [7, 11) is 1.36. The van der Waals surface area contributed by atoms with Crippen LogP contribution in [0.4, 0.5) is 0 Å². The van der Waals surface area contributed by atoms with Crippen LogP contribution in [0.15, 0.2) is 39.5 Å². The number of ether oxygens (including phenoxy) is 1. The van der Waals surface area contributed by atoms with Crippen LogP contribution in [0.5, 0.6) is 28.7 Å². The van der Waals surface area contributed by atoms with Gasteiger partial charge in [-0.25, -0.2) is 0 Å². The van der Waals surface area contributed by atoms with E-state index in [1.165, 1.54) is 25.3 Å². The minimum absolute atomic E-state index is 0.00913. The highest BCUT2D eigenvalue weighted by Crippen LogP contribution is 2.37. The lowest BCUT2D eigenvalue weighted by atomic mass is 10.1. The van der Waals surface area contributed by atoms with Crippen molar-refractivity contribution in [2.75, 3.05) is 7.11 Å². The Morgan fingerprint density at radius 1 is 0.957 bits per heavy atom. The maximum absolute atomic E-state index is 12.2. The van der Waals surface area contributed by atoms with Crippen LogP contribution in [0.1, 0.15) is 0 Å². The fraction of sp³-hybridized carbons (Fsp3) is 0.0625. The molecule has 0 saturated heterocycles. The summed E-state index contributed by atoms with van der Waals surface area (Å²) in [5.74, 6) is -1.73. The molecule has 0 aliphatic carbocycles. The Hall–Kier alpha value is -3.35. The molecule has 0 unspecified atom stereocenters. The molecule has 23 heavy (non-hydrogen) atoms. The molecule has 2 aromatic carbocycles. The molecule has 0 bridgehead atoms. The van der Waals surface area contributed by atoms with E-state index in [9.17, 15) is 25.2 Å². The fourth-order valence-electron chi connectivity index (χ4n) is 2.22. The van der Waals surface area contributed by atoms with E-state index in [-0.39, 0.29) is 28.2 Å². The number of rotatable bonds is 2. The van der Waals surface area contributed by atoms with Gasteiger partial charge in [-0.1, -0.05) is 0 Å². The second-order valence-corrected chi connectivity index (χ2v) is 4.83. The van der Waals surface area contributed by atoms with Gasteiger partial charge < -0.3 is 29.6 Å². The van der Waals surface area contributed by atoms with Crippen molar-refractivity contribution in [2.45, 2.75) is 0 Å². The van der Waals surface area contributed by atoms with Gasteiger partial charge >= 0.3 is 0 Å². The summed E-state index contributed by atoms with van der Waals surface area (Å²) in [5, 5.41) is 38.6. The topological polar surface area (TPSA) is 120 Å². The predicted octanol–water partition coefficient (Wildman–Crippen LogP) is 2.29. The third kappa shape index (κ3) is 2.28. The molecule has 4 N–H and O–H groups in total. The minimum Gasteiger partial charge on any atom is -0.504 e. The Morgan fingerprint density at radius 2 is 1.65 bits per heavy atom. The minimum atomic E-state index is -0.761. The van der Waals surface area contributed by atoms with Gasteiger partial charge in [-0.15, -0.1) is 0 Å². The van der Waals surface area contributed by atoms with Crippen LogP contribution < -0.4 is 10.2 Å². The standard InChI is InChI=1S/C16H12O7/c1-22-13-4-7(2-3-9(13)17)16-15(21)14(20)8-5-10(18)11(19)6-12(8)23-16/h2-6,17-19,21H,1H3. The number of phenolic OH excluding ortho intramolecular Hbond substituents is 3. The maximum Gasteiger partial charge on any atom is 0.235 e. The summed E-state index contributed by atoms with van der Waals surface area (Å²) < 4.78 is 10.5. The van der Waals surface area contributed by atoms with Gasteiger partial charge in [0.05, 0.1) is 12.5 Å². The summed E-state index contributed by atoms with van der Waals surface area (Å²) in [6.07, 6.45) is 0. The highest BCUT2D eigenvalue weighted by atomic mass is 16.5.